The lowest BCUT2D eigenvalue weighted by Gasteiger charge is -2.39. The van der Waals surface area contributed by atoms with E-state index in [0.29, 0.717) is 22.8 Å². The van der Waals surface area contributed by atoms with Gasteiger partial charge in [0.1, 0.15) is 11.6 Å². The van der Waals surface area contributed by atoms with Gasteiger partial charge >= 0.3 is 6.03 Å². The standard InChI is InChI=1S/C23H25FN4O2S/c24-15-3-8-21-20(11-15)27-23(31-21)30-19-6-1-14(2-7-19)9-10-28-17-4-5-18(28)13-16(12-17)26-22(25)29/h1-3,6-8,11,16-18H,4-5,9-10,12-13H2,(H3,25,26,29)/t16?,17-,18+. The number of hydrogen-bond acceptors (Lipinski definition) is 5. The van der Waals surface area contributed by atoms with Crippen LogP contribution in [0.1, 0.15) is 31.2 Å². The van der Waals surface area contributed by atoms with E-state index in [2.05, 4.69) is 27.3 Å². The summed E-state index contributed by atoms with van der Waals surface area (Å²) in [5, 5.41) is 3.40. The van der Waals surface area contributed by atoms with Crippen molar-refractivity contribution in [2.24, 2.45) is 5.73 Å². The van der Waals surface area contributed by atoms with Gasteiger partial charge in [0.2, 0.25) is 0 Å². The molecule has 0 spiro atoms. The molecule has 0 radical (unpaired) electrons. The van der Waals surface area contributed by atoms with Crippen LogP contribution in [0.25, 0.3) is 10.2 Å². The largest absolute Gasteiger partial charge is 0.431 e. The highest BCUT2D eigenvalue weighted by Crippen LogP contribution is 2.36. The summed E-state index contributed by atoms with van der Waals surface area (Å²) in [6.07, 6.45) is 5.33. The van der Waals surface area contributed by atoms with E-state index in [1.807, 2.05) is 12.1 Å². The third-order valence-electron chi connectivity index (χ3n) is 6.35. The van der Waals surface area contributed by atoms with Gasteiger partial charge in [0, 0.05) is 30.7 Å². The van der Waals surface area contributed by atoms with Gasteiger partial charge in [0.25, 0.3) is 5.19 Å². The monoisotopic (exact) mass is 440 g/mol. The number of nitrogens with zero attached hydrogens (tertiary/aromatic N) is 2. The molecule has 8 heteroatoms. The van der Waals surface area contributed by atoms with Gasteiger partial charge in [-0.25, -0.2) is 14.2 Å². The van der Waals surface area contributed by atoms with Crippen molar-refractivity contribution in [2.45, 2.75) is 50.2 Å². The van der Waals surface area contributed by atoms with Crippen LogP contribution in [0.5, 0.6) is 10.9 Å². The van der Waals surface area contributed by atoms with E-state index >= 15 is 0 Å². The van der Waals surface area contributed by atoms with E-state index in [-0.39, 0.29) is 11.9 Å². The number of primary amides is 1. The number of rotatable bonds is 6. The van der Waals surface area contributed by atoms with Crippen LogP contribution in [-0.4, -0.2) is 40.6 Å². The molecule has 2 saturated heterocycles. The smallest absolute Gasteiger partial charge is 0.312 e. The number of amides is 2. The van der Waals surface area contributed by atoms with Crippen LogP contribution in [0, 0.1) is 5.82 Å². The normalized spacial score (nSPS) is 23.2. The van der Waals surface area contributed by atoms with Crippen molar-refractivity contribution in [2.75, 3.05) is 6.54 Å². The molecular weight excluding hydrogens is 415 g/mol. The van der Waals surface area contributed by atoms with Gasteiger partial charge in [0.15, 0.2) is 0 Å². The second-order valence-corrected chi connectivity index (χ2v) is 9.38. The third-order valence-corrected chi connectivity index (χ3v) is 7.26. The highest BCUT2D eigenvalue weighted by atomic mass is 32.1. The van der Waals surface area contributed by atoms with E-state index in [4.69, 9.17) is 10.5 Å². The van der Waals surface area contributed by atoms with Crippen LogP contribution in [0.2, 0.25) is 0 Å². The number of benzene rings is 2. The second kappa shape index (κ2) is 8.43. The van der Waals surface area contributed by atoms with Crippen LogP contribution >= 0.6 is 11.3 Å². The van der Waals surface area contributed by atoms with Gasteiger partial charge in [-0.2, -0.15) is 0 Å². The average molecular weight is 441 g/mol. The number of thiazole rings is 1. The highest BCUT2D eigenvalue weighted by Gasteiger charge is 2.40. The van der Waals surface area contributed by atoms with Crippen molar-refractivity contribution in [3.05, 3.63) is 53.8 Å². The van der Waals surface area contributed by atoms with Crippen molar-refractivity contribution >= 4 is 27.6 Å². The summed E-state index contributed by atoms with van der Waals surface area (Å²) < 4.78 is 20.1. The topological polar surface area (TPSA) is 80.5 Å². The Morgan fingerprint density at radius 1 is 1.19 bits per heavy atom. The predicted octanol–water partition coefficient (Wildman–Crippen LogP) is 4.43. The molecule has 3 atom stereocenters. The molecule has 6 nitrogen and oxygen atoms in total. The zero-order valence-electron chi connectivity index (χ0n) is 17.1. The molecule has 162 valence electrons. The lowest BCUT2D eigenvalue weighted by Crippen LogP contribution is -2.51. The molecule has 0 aliphatic carbocycles. The van der Waals surface area contributed by atoms with Crippen molar-refractivity contribution in [1.29, 1.82) is 0 Å². The quantitative estimate of drug-likeness (QED) is 0.594. The van der Waals surface area contributed by atoms with Gasteiger partial charge in [-0.05, 0) is 61.9 Å². The first-order valence-electron chi connectivity index (χ1n) is 10.7. The van der Waals surface area contributed by atoms with Gasteiger partial charge in [-0.1, -0.05) is 23.5 Å². The molecule has 3 N–H and O–H groups in total. The fourth-order valence-corrected chi connectivity index (χ4v) is 5.78. The van der Waals surface area contributed by atoms with E-state index in [1.54, 1.807) is 6.07 Å². The number of piperidine rings is 1. The molecule has 2 bridgehead atoms. The number of hydrogen-bond donors (Lipinski definition) is 2. The molecule has 0 saturated carbocycles. The van der Waals surface area contributed by atoms with Gasteiger partial charge in [-0.3, -0.25) is 4.90 Å². The number of aromatic nitrogens is 1. The Kier molecular flexibility index (Phi) is 5.50. The summed E-state index contributed by atoms with van der Waals surface area (Å²) in [6.45, 7) is 1.02. The maximum atomic E-state index is 13.3. The van der Waals surface area contributed by atoms with E-state index in [1.165, 1.54) is 41.9 Å². The predicted molar refractivity (Wildman–Crippen MR) is 119 cm³/mol. The zero-order valence-corrected chi connectivity index (χ0v) is 17.9. The first-order chi connectivity index (χ1) is 15.0. The number of nitrogens with two attached hydrogens (primary N) is 1. The SMILES string of the molecule is NC(=O)NC1C[C@H]2CC[C@@H](C1)N2CCc1ccc(Oc2nc3cc(F)ccc3s2)cc1. The van der Waals surface area contributed by atoms with E-state index in [9.17, 15) is 9.18 Å². The average Bonchev–Trinajstić information content (AvgIpc) is 3.23. The molecule has 31 heavy (non-hydrogen) atoms. The third kappa shape index (κ3) is 4.50. The Hall–Kier alpha value is -2.71. The molecule has 3 heterocycles. The molecule has 5 rings (SSSR count). The molecule has 1 aromatic heterocycles. The van der Waals surface area contributed by atoms with Gasteiger partial charge in [-0.15, -0.1) is 0 Å². The molecule has 3 aromatic rings. The molecule has 2 aliphatic heterocycles. The number of urea groups is 1. The van der Waals surface area contributed by atoms with E-state index < -0.39 is 6.03 Å². The molecule has 2 amide bonds. The molecule has 2 aromatic carbocycles. The van der Waals surface area contributed by atoms with Gasteiger partial charge in [0.05, 0.1) is 10.2 Å². The Labute approximate surface area is 184 Å². The lowest BCUT2D eigenvalue weighted by molar-refractivity contribution is 0.121. The summed E-state index contributed by atoms with van der Waals surface area (Å²) in [6, 6.07) is 13.5. The van der Waals surface area contributed by atoms with Crippen molar-refractivity contribution in [3.8, 4) is 10.9 Å². The summed E-state index contributed by atoms with van der Waals surface area (Å²) >= 11 is 1.40. The maximum Gasteiger partial charge on any atom is 0.312 e. The number of ether oxygens (including phenoxy) is 1. The minimum atomic E-state index is -0.418. The van der Waals surface area contributed by atoms with Crippen LogP contribution in [0.3, 0.4) is 0 Å². The zero-order chi connectivity index (χ0) is 21.4. The minimum absolute atomic E-state index is 0.210. The maximum absolute atomic E-state index is 13.3. The molecule has 2 aliphatic rings. The summed E-state index contributed by atoms with van der Waals surface area (Å²) in [7, 11) is 0. The Bertz CT molecular complexity index is 1070. The number of halogens is 1. The summed E-state index contributed by atoms with van der Waals surface area (Å²) in [5.41, 5.74) is 7.17. The second-order valence-electron chi connectivity index (χ2n) is 8.39. The first kappa shape index (κ1) is 20.2. The van der Waals surface area contributed by atoms with Crippen molar-refractivity contribution < 1.29 is 13.9 Å². The van der Waals surface area contributed by atoms with Crippen molar-refractivity contribution in [3.63, 3.8) is 0 Å². The number of fused-ring (bicyclic) bond motifs is 3. The van der Waals surface area contributed by atoms with Crippen molar-refractivity contribution in [1.82, 2.24) is 15.2 Å². The molecule has 2 fully saturated rings. The van der Waals surface area contributed by atoms with Crippen LogP contribution in [0.4, 0.5) is 9.18 Å². The van der Waals surface area contributed by atoms with E-state index in [0.717, 1.165) is 36.3 Å². The van der Waals surface area contributed by atoms with Crippen LogP contribution < -0.4 is 15.8 Å². The Morgan fingerprint density at radius 2 is 1.94 bits per heavy atom. The number of nitrogens with one attached hydrogen (secondary N) is 1. The number of carbonyl (C=O) groups is 1. The fraction of sp³-hybridized carbons (Fsp3) is 0.391. The number of carbonyl (C=O) groups excluding carboxylic acids is 1. The highest BCUT2D eigenvalue weighted by molar-refractivity contribution is 7.20. The summed E-state index contributed by atoms with van der Waals surface area (Å²) in [5.74, 6) is 0.428. The van der Waals surface area contributed by atoms with Crippen LogP contribution in [0.15, 0.2) is 42.5 Å². The molecule has 1 unspecified atom stereocenters. The Morgan fingerprint density at radius 3 is 2.65 bits per heavy atom. The minimum Gasteiger partial charge on any atom is -0.431 e. The lowest BCUT2D eigenvalue weighted by atomic mass is 9.96. The van der Waals surface area contributed by atoms with Crippen LogP contribution in [-0.2, 0) is 6.42 Å². The van der Waals surface area contributed by atoms with Gasteiger partial charge < -0.3 is 15.8 Å². The summed E-state index contributed by atoms with van der Waals surface area (Å²) in [4.78, 5) is 18.1. The fourth-order valence-electron chi connectivity index (χ4n) is 4.96. The first-order valence-corrected chi connectivity index (χ1v) is 11.5. The molecular formula is C23H25FN4O2S. The Balaban J connectivity index is 1.17.